The van der Waals surface area contributed by atoms with Crippen molar-refractivity contribution in [2.45, 2.75) is 38.2 Å². The minimum Gasteiger partial charge on any atom is -0.494 e. The Labute approximate surface area is 125 Å². The summed E-state index contributed by atoms with van der Waals surface area (Å²) in [5.41, 5.74) is 0. The molecule has 0 saturated carbocycles. The molecule has 0 atom stereocenters. The summed E-state index contributed by atoms with van der Waals surface area (Å²) in [4.78, 5) is 11.4. The first-order valence-electron chi connectivity index (χ1n) is 6.77. The molecule has 0 aromatic heterocycles. The van der Waals surface area contributed by atoms with Crippen LogP contribution in [-0.4, -0.2) is 33.6 Å². The molecule has 0 aliphatic rings. The van der Waals surface area contributed by atoms with E-state index in [-0.39, 0.29) is 24.0 Å². The van der Waals surface area contributed by atoms with Gasteiger partial charge in [-0.2, -0.15) is 0 Å². The molecular formula is C14H21NO5S. The highest BCUT2D eigenvalue weighted by Crippen LogP contribution is 2.15. The summed E-state index contributed by atoms with van der Waals surface area (Å²) in [7, 11) is -3.63. The molecule has 1 aromatic carbocycles. The monoisotopic (exact) mass is 315 g/mol. The Morgan fingerprint density at radius 2 is 1.86 bits per heavy atom. The summed E-state index contributed by atoms with van der Waals surface area (Å²) in [6.45, 7) is 5.84. The Hall–Kier alpha value is -1.60. The van der Waals surface area contributed by atoms with E-state index in [0.717, 1.165) is 0 Å². The van der Waals surface area contributed by atoms with E-state index in [0.29, 0.717) is 12.4 Å². The van der Waals surface area contributed by atoms with Crippen molar-refractivity contribution in [2.24, 2.45) is 0 Å². The van der Waals surface area contributed by atoms with Crippen molar-refractivity contribution >= 4 is 16.0 Å². The summed E-state index contributed by atoms with van der Waals surface area (Å²) in [5.74, 6) is 0.177. The van der Waals surface area contributed by atoms with Crippen LogP contribution in [0.2, 0.25) is 0 Å². The number of esters is 1. The largest absolute Gasteiger partial charge is 0.494 e. The van der Waals surface area contributed by atoms with Crippen LogP contribution in [0.25, 0.3) is 0 Å². The Kier molecular flexibility index (Phi) is 6.64. The lowest BCUT2D eigenvalue weighted by Crippen LogP contribution is -2.27. The Balaban J connectivity index is 2.55. The fourth-order valence-corrected chi connectivity index (χ4v) is 2.61. The number of rotatable bonds is 8. The topological polar surface area (TPSA) is 81.7 Å². The summed E-state index contributed by atoms with van der Waals surface area (Å²) in [6, 6.07) is 6.09. The highest BCUT2D eigenvalue weighted by atomic mass is 32.2. The van der Waals surface area contributed by atoms with Crippen LogP contribution in [0.3, 0.4) is 0 Å². The fourth-order valence-electron chi connectivity index (χ4n) is 1.57. The molecule has 0 heterocycles. The molecule has 0 aliphatic carbocycles. The maximum atomic E-state index is 12.0. The molecular weight excluding hydrogens is 294 g/mol. The average Bonchev–Trinajstić information content (AvgIpc) is 2.38. The molecule has 1 N–H and O–H groups in total. The van der Waals surface area contributed by atoms with Crippen LogP contribution in [0.4, 0.5) is 0 Å². The third kappa shape index (κ3) is 6.14. The smallest absolute Gasteiger partial charge is 0.307 e. The van der Waals surface area contributed by atoms with Crippen LogP contribution in [-0.2, 0) is 19.6 Å². The lowest BCUT2D eigenvalue weighted by atomic mass is 10.3. The van der Waals surface area contributed by atoms with Gasteiger partial charge in [-0.3, -0.25) is 4.79 Å². The first-order valence-corrected chi connectivity index (χ1v) is 8.25. The molecule has 0 amide bonds. The zero-order chi connectivity index (χ0) is 15.9. The van der Waals surface area contributed by atoms with Gasteiger partial charge in [0.05, 0.1) is 24.0 Å². The van der Waals surface area contributed by atoms with Gasteiger partial charge in [0.25, 0.3) is 0 Å². The molecule has 118 valence electrons. The van der Waals surface area contributed by atoms with E-state index in [1.807, 2.05) is 6.92 Å². The van der Waals surface area contributed by atoms with E-state index in [9.17, 15) is 13.2 Å². The van der Waals surface area contributed by atoms with Gasteiger partial charge in [0.2, 0.25) is 10.0 Å². The van der Waals surface area contributed by atoms with Gasteiger partial charge >= 0.3 is 5.97 Å². The van der Waals surface area contributed by atoms with Crippen molar-refractivity contribution in [1.82, 2.24) is 4.72 Å². The van der Waals surface area contributed by atoms with Gasteiger partial charge < -0.3 is 9.47 Å². The molecule has 0 saturated heterocycles. The van der Waals surface area contributed by atoms with E-state index in [1.54, 1.807) is 26.0 Å². The lowest BCUT2D eigenvalue weighted by Gasteiger charge is -2.09. The number of hydrogen-bond donors (Lipinski definition) is 1. The Morgan fingerprint density at radius 3 is 2.38 bits per heavy atom. The van der Waals surface area contributed by atoms with Gasteiger partial charge in [-0.25, -0.2) is 13.1 Å². The van der Waals surface area contributed by atoms with Crippen LogP contribution in [0, 0.1) is 0 Å². The maximum Gasteiger partial charge on any atom is 0.307 e. The molecule has 0 unspecified atom stereocenters. The molecule has 6 nitrogen and oxygen atoms in total. The van der Waals surface area contributed by atoms with Crippen LogP contribution >= 0.6 is 0 Å². The second-order valence-electron chi connectivity index (χ2n) is 4.59. The second kappa shape index (κ2) is 7.99. The fraction of sp³-hybridized carbons (Fsp3) is 0.500. The molecule has 1 aromatic rings. The molecule has 1 rings (SSSR count). The van der Waals surface area contributed by atoms with Crippen LogP contribution in [0.1, 0.15) is 27.2 Å². The van der Waals surface area contributed by atoms with Gasteiger partial charge in [0.15, 0.2) is 0 Å². The SMILES string of the molecule is CCOc1ccc(S(=O)(=O)NCCC(=O)OC(C)C)cc1. The number of hydrogen-bond acceptors (Lipinski definition) is 5. The molecule has 0 fully saturated rings. The predicted molar refractivity (Wildman–Crippen MR) is 78.6 cm³/mol. The number of sulfonamides is 1. The van der Waals surface area contributed by atoms with Gasteiger partial charge in [-0.1, -0.05) is 0 Å². The normalized spacial score (nSPS) is 11.4. The van der Waals surface area contributed by atoms with Crippen molar-refractivity contribution in [1.29, 1.82) is 0 Å². The summed E-state index contributed by atoms with van der Waals surface area (Å²) < 4.78 is 36.5. The lowest BCUT2D eigenvalue weighted by molar-refractivity contribution is -0.147. The number of ether oxygens (including phenoxy) is 2. The summed E-state index contributed by atoms with van der Waals surface area (Å²) in [5, 5.41) is 0. The van der Waals surface area contributed by atoms with Crippen molar-refractivity contribution < 1.29 is 22.7 Å². The standard InChI is InChI=1S/C14H21NO5S/c1-4-19-12-5-7-13(8-6-12)21(17,18)15-10-9-14(16)20-11(2)3/h5-8,11,15H,4,9-10H2,1-3H3. The zero-order valence-corrected chi connectivity index (χ0v) is 13.3. The zero-order valence-electron chi connectivity index (χ0n) is 12.5. The molecule has 21 heavy (non-hydrogen) atoms. The molecule has 0 radical (unpaired) electrons. The minimum atomic E-state index is -3.63. The number of carbonyl (C=O) groups excluding carboxylic acids is 1. The van der Waals surface area contributed by atoms with Gasteiger partial charge in [0, 0.05) is 6.54 Å². The maximum absolute atomic E-state index is 12.0. The first kappa shape index (κ1) is 17.5. The average molecular weight is 315 g/mol. The van der Waals surface area contributed by atoms with E-state index in [2.05, 4.69) is 4.72 Å². The minimum absolute atomic E-state index is 0.00109. The van der Waals surface area contributed by atoms with Crippen molar-refractivity contribution in [3.8, 4) is 5.75 Å². The Morgan fingerprint density at radius 1 is 1.24 bits per heavy atom. The third-order valence-electron chi connectivity index (χ3n) is 2.43. The van der Waals surface area contributed by atoms with Gasteiger partial charge in [-0.15, -0.1) is 0 Å². The quantitative estimate of drug-likeness (QED) is 0.739. The van der Waals surface area contributed by atoms with E-state index >= 15 is 0 Å². The van der Waals surface area contributed by atoms with E-state index < -0.39 is 16.0 Å². The van der Waals surface area contributed by atoms with E-state index in [4.69, 9.17) is 9.47 Å². The van der Waals surface area contributed by atoms with Crippen LogP contribution in [0.15, 0.2) is 29.2 Å². The van der Waals surface area contributed by atoms with Crippen molar-refractivity contribution in [3.63, 3.8) is 0 Å². The predicted octanol–water partition coefficient (Wildman–Crippen LogP) is 1.71. The number of benzene rings is 1. The summed E-state index contributed by atoms with van der Waals surface area (Å²) in [6.07, 6.45) is -0.214. The number of nitrogens with one attached hydrogen (secondary N) is 1. The summed E-state index contributed by atoms with van der Waals surface area (Å²) >= 11 is 0. The molecule has 0 spiro atoms. The van der Waals surface area contributed by atoms with Crippen molar-refractivity contribution in [3.05, 3.63) is 24.3 Å². The first-order chi connectivity index (χ1) is 9.85. The van der Waals surface area contributed by atoms with Gasteiger partial charge in [-0.05, 0) is 45.0 Å². The van der Waals surface area contributed by atoms with E-state index in [1.165, 1.54) is 12.1 Å². The third-order valence-corrected chi connectivity index (χ3v) is 3.91. The molecule has 7 heteroatoms. The van der Waals surface area contributed by atoms with Gasteiger partial charge in [0.1, 0.15) is 5.75 Å². The van der Waals surface area contributed by atoms with Crippen LogP contribution in [0.5, 0.6) is 5.75 Å². The van der Waals surface area contributed by atoms with Crippen LogP contribution < -0.4 is 9.46 Å². The number of carbonyl (C=O) groups is 1. The second-order valence-corrected chi connectivity index (χ2v) is 6.36. The highest BCUT2D eigenvalue weighted by Gasteiger charge is 2.14. The van der Waals surface area contributed by atoms with Crippen molar-refractivity contribution in [2.75, 3.05) is 13.2 Å². The molecule has 0 bridgehead atoms. The Bertz CT molecular complexity index is 551. The molecule has 0 aliphatic heterocycles. The highest BCUT2D eigenvalue weighted by molar-refractivity contribution is 7.89.